The van der Waals surface area contributed by atoms with Crippen LogP contribution in [-0.4, -0.2) is 42.3 Å². The Balaban J connectivity index is 1.89. The molecule has 17 heavy (non-hydrogen) atoms. The van der Waals surface area contributed by atoms with E-state index in [1.165, 1.54) is 38.5 Å². The fourth-order valence-corrected chi connectivity index (χ4v) is 3.46. The summed E-state index contributed by atoms with van der Waals surface area (Å²) in [5.41, 5.74) is 6.45. The molecule has 1 saturated heterocycles. The van der Waals surface area contributed by atoms with Crippen LogP contribution in [0.2, 0.25) is 0 Å². The molecule has 2 rings (SSSR count). The maximum Gasteiger partial charge on any atom is 0.0564 e. The van der Waals surface area contributed by atoms with Gasteiger partial charge in [0.15, 0.2) is 0 Å². The summed E-state index contributed by atoms with van der Waals surface area (Å²) in [6.45, 7) is 4.12. The topological polar surface area (TPSA) is 49.5 Å². The Morgan fingerprint density at radius 2 is 1.65 bits per heavy atom. The van der Waals surface area contributed by atoms with Gasteiger partial charge in [0, 0.05) is 19.6 Å². The maximum absolute atomic E-state index is 9.55. The van der Waals surface area contributed by atoms with Crippen LogP contribution in [0, 0.1) is 5.41 Å². The molecule has 0 atom stereocenters. The fourth-order valence-electron chi connectivity index (χ4n) is 3.46. The summed E-state index contributed by atoms with van der Waals surface area (Å²) in [5, 5.41) is 9.55. The van der Waals surface area contributed by atoms with Gasteiger partial charge in [-0.25, -0.2) is 0 Å². The van der Waals surface area contributed by atoms with Gasteiger partial charge >= 0.3 is 0 Å². The highest BCUT2D eigenvalue weighted by atomic mass is 16.3. The number of nitrogens with zero attached hydrogens (tertiary/aromatic N) is 1. The van der Waals surface area contributed by atoms with E-state index >= 15 is 0 Å². The van der Waals surface area contributed by atoms with Crippen LogP contribution in [0.3, 0.4) is 0 Å². The van der Waals surface area contributed by atoms with Gasteiger partial charge in [-0.2, -0.15) is 0 Å². The van der Waals surface area contributed by atoms with E-state index in [1.54, 1.807) is 0 Å². The zero-order valence-corrected chi connectivity index (χ0v) is 11.0. The smallest absolute Gasteiger partial charge is 0.0564 e. The van der Waals surface area contributed by atoms with Crippen molar-refractivity contribution in [2.75, 3.05) is 26.2 Å². The SMILES string of the molecule is NCC1(CN2CCC(O)CC2)CCCCCC1. The molecule has 0 aromatic rings. The minimum absolute atomic E-state index is 0.0609. The van der Waals surface area contributed by atoms with Crippen molar-refractivity contribution >= 4 is 0 Å². The summed E-state index contributed by atoms with van der Waals surface area (Å²) in [6, 6.07) is 0. The summed E-state index contributed by atoms with van der Waals surface area (Å²) >= 11 is 0. The summed E-state index contributed by atoms with van der Waals surface area (Å²) in [6.07, 6.45) is 9.93. The molecule has 0 aromatic carbocycles. The van der Waals surface area contributed by atoms with Crippen LogP contribution in [0.4, 0.5) is 0 Å². The second kappa shape index (κ2) is 6.17. The Morgan fingerprint density at radius 1 is 1.06 bits per heavy atom. The number of aliphatic hydroxyl groups excluding tert-OH is 1. The van der Waals surface area contributed by atoms with Crippen molar-refractivity contribution in [2.45, 2.75) is 57.5 Å². The molecule has 1 saturated carbocycles. The summed E-state index contributed by atoms with van der Waals surface area (Å²) in [5.74, 6) is 0. The molecule has 3 nitrogen and oxygen atoms in total. The van der Waals surface area contributed by atoms with E-state index in [1.807, 2.05) is 0 Å². The molecule has 0 amide bonds. The predicted octanol–water partition coefficient (Wildman–Crippen LogP) is 1.74. The molecule has 0 unspecified atom stereocenters. The fraction of sp³-hybridized carbons (Fsp3) is 1.00. The first-order valence-electron chi connectivity index (χ1n) is 7.35. The van der Waals surface area contributed by atoms with Gasteiger partial charge < -0.3 is 15.7 Å². The molecule has 3 heteroatoms. The zero-order chi connectivity index (χ0) is 12.1. The lowest BCUT2D eigenvalue weighted by molar-refractivity contribution is 0.0531. The largest absolute Gasteiger partial charge is 0.393 e. The van der Waals surface area contributed by atoms with Crippen LogP contribution in [0.5, 0.6) is 0 Å². The molecule has 0 aromatic heterocycles. The van der Waals surface area contributed by atoms with Gasteiger partial charge in [0.2, 0.25) is 0 Å². The van der Waals surface area contributed by atoms with Gasteiger partial charge in [-0.05, 0) is 37.6 Å². The molecule has 100 valence electrons. The highest BCUT2D eigenvalue weighted by Gasteiger charge is 2.32. The average molecular weight is 240 g/mol. The molecular formula is C14H28N2O. The third kappa shape index (κ3) is 3.67. The van der Waals surface area contributed by atoms with Crippen LogP contribution in [0.1, 0.15) is 51.4 Å². The van der Waals surface area contributed by atoms with E-state index in [9.17, 15) is 5.11 Å². The van der Waals surface area contributed by atoms with E-state index in [0.717, 1.165) is 39.0 Å². The Labute approximate surface area is 105 Å². The minimum Gasteiger partial charge on any atom is -0.393 e. The van der Waals surface area contributed by atoms with Crippen molar-refractivity contribution in [1.82, 2.24) is 4.90 Å². The molecule has 0 spiro atoms. The molecular weight excluding hydrogens is 212 g/mol. The lowest BCUT2D eigenvalue weighted by Gasteiger charge is -2.39. The van der Waals surface area contributed by atoms with Crippen LogP contribution in [-0.2, 0) is 0 Å². The maximum atomic E-state index is 9.55. The average Bonchev–Trinajstić information content (AvgIpc) is 2.58. The predicted molar refractivity (Wildman–Crippen MR) is 70.9 cm³/mol. The number of aliphatic hydroxyl groups is 1. The van der Waals surface area contributed by atoms with Crippen LogP contribution < -0.4 is 5.73 Å². The number of likely N-dealkylation sites (tertiary alicyclic amines) is 1. The summed E-state index contributed by atoms with van der Waals surface area (Å²) in [7, 11) is 0. The van der Waals surface area contributed by atoms with E-state index in [-0.39, 0.29) is 6.10 Å². The van der Waals surface area contributed by atoms with Crippen LogP contribution in [0.25, 0.3) is 0 Å². The summed E-state index contributed by atoms with van der Waals surface area (Å²) in [4.78, 5) is 2.53. The second-order valence-corrected chi connectivity index (χ2v) is 6.13. The molecule has 2 aliphatic rings. The van der Waals surface area contributed by atoms with Crippen molar-refractivity contribution < 1.29 is 5.11 Å². The minimum atomic E-state index is -0.0609. The Hall–Kier alpha value is -0.120. The van der Waals surface area contributed by atoms with E-state index < -0.39 is 0 Å². The first-order chi connectivity index (χ1) is 8.24. The first-order valence-corrected chi connectivity index (χ1v) is 7.35. The Morgan fingerprint density at radius 3 is 2.18 bits per heavy atom. The van der Waals surface area contributed by atoms with Crippen molar-refractivity contribution in [3.8, 4) is 0 Å². The monoisotopic (exact) mass is 240 g/mol. The third-order valence-corrected chi connectivity index (χ3v) is 4.71. The molecule has 2 fully saturated rings. The van der Waals surface area contributed by atoms with E-state index in [4.69, 9.17) is 5.73 Å². The molecule has 0 radical (unpaired) electrons. The molecule has 1 heterocycles. The van der Waals surface area contributed by atoms with Crippen molar-refractivity contribution in [3.05, 3.63) is 0 Å². The summed E-state index contributed by atoms with van der Waals surface area (Å²) < 4.78 is 0. The van der Waals surface area contributed by atoms with E-state index in [0.29, 0.717) is 5.41 Å². The number of rotatable bonds is 3. The van der Waals surface area contributed by atoms with Crippen molar-refractivity contribution in [1.29, 1.82) is 0 Å². The number of piperidine rings is 1. The lowest BCUT2D eigenvalue weighted by atomic mass is 9.79. The Kier molecular flexibility index (Phi) is 4.83. The molecule has 0 bridgehead atoms. The van der Waals surface area contributed by atoms with Gasteiger partial charge in [-0.1, -0.05) is 25.7 Å². The van der Waals surface area contributed by atoms with Gasteiger partial charge in [0.1, 0.15) is 0 Å². The quantitative estimate of drug-likeness (QED) is 0.739. The van der Waals surface area contributed by atoms with Crippen molar-refractivity contribution in [3.63, 3.8) is 0 Å². The van der Waals surface area contributed by atoms with Crippen molar-refractivity contribution in [2.24, 2.45) is 11.1 Å². The molecule has 1 aliphatic heterocycles. The highest BCUT2D eigenvalue weighted by Crippen LogP contribution is 2.35. The normalized spacial score (nSPS) is 27.9. The van der Waals surface area contributed by atoms with Crippen LogP contribution >= 0.6 is 0 Å². The standard InChI is InChI=1S/C14H28N2O/c15-11-14(7-3-1-2-4-8-14)12-16-9-5-13(17)6-10-16/h13,17H,1-12,15H2. The Bertz CT molecular complexity index is 216. The van der Waals surface area contributed by atoms with Gasteiger partial charge in [0.25, 0.3) is 0 Å². The first kappa shape index (κ1) is 13.3. The lowest BCUT2D eigenvalue weighted by Crippen LogP contribution is -2.46. The second-order valence-electron chi connectivity index (χ2n) is 6.13. The zero-order valence-electron chi connectivity index (χ0n) is 11.0. The van der Waals surface area contributed by atoms with Gasteiger partial charge in [-0.15, -0.1) is 0 Å². The molecule has 3 N–H and O–H groups in total. The van der Waals surface area contributed by atoms with Gasteiger partial charge in [-0.3, -0.25) is 0 Å². The number of nitrogens with two attached hydrogens (primary N) is 1. The highest BCUT2D eigenvalue weighted by molar-refractivity contribution is 4.87. The number of hydrogen-bond acceptors (Lipinski definition) is 3. The molecule has 1 aliphatic carbocycles. The van der Waals surface area contributed by atoms with Crippen LogP contribution in [0.15, 0.2) is 0 Å². The van der Waals surface area contributed by atoms with E-state index in [2.05, 4.69) is 4.90 Å². The third-order valence-electron chi connectivity index (χ3n) is 4.71. The number of hydrogen-bond donors (Lipinski definition) is 2. The van der Waals surface area contributed by atoms with Gasteiger partial charge in [0.05, 0.1) is 6.10 Å².